The molecule has 5 heterocycles. The third-order valence-corrected chi connectivity index (χ3v) is 9.04. The highest BCUT2D eigenvalue weighted by molar-refractivity contribution is 6.30. The van der Waals surface area contributed by atoms with Gasteiger partial charge in [0.1, 0.15) is 0 Å². The Morgan fingerprint density at radius 3 is 2.66 bits per heavy atom. The minimum absolute atomic E-state index is 0.0863. The van der Waals surface area contributed by atoms with Crippen LogP contribution in [0.15, 0.2) is 42.7 Å². The molecule has 2 fully saturated rings. The molecule has 244 valence electrons. The molecule has 12 nitrogen and oxygen atoms in total. The zero-order valence-electron chi connectivity index (χ0n) is 25.3. The second-order valence-corrected chi connectivity index (χ2v) is 12.6. The second-order valence-electron chi connectivity index (χ2n) is 12.1. The minimum Gasteiger partial charge on any atom is -0.453 e. The lowest BCUT2D eigenvalue weighted by Gasteiger charge is -2.33. The summed E-state index contributed by atoms with van der Waals surface area (Å²) in [5.41, 5.74) is 8.38. The number of nitrogens with zero attached hydrogens (tertiary/aromatic N) is 6. The number of methoxy groups -OCH3 is 1. The Bertz CT molecular complexity index is 1910. The van der Waals surface area contributed by atoms with Crippen LogP contribution in [0, 0.1) is 11.8 Å². The van der Waals surface area contributed by atoms with Crippen LogP contribution in [0.25, 0.3) is 22.2 Å². The van der Waals surface area contributed by atoms with E-state index in [1.54, 1.807) is 34.0 Å². The Kier molecular flexibility index (Phi) is 7.69. The number of ether oxygens (including phenoxy) is 2. The maximum absolute atomic E-state index is 15.0. The van der Waals surface area contributed by atoms with E-state index in [1.165, 1.54) is 25.4 Å². The summed E-state index contributed by atoms with van der Waals surface area (Å²) >= 11 is 5.93. The Morgan fingerprint density at radius 2 is 1.96 bits per heavy atom. The van der Waals surface area contributed by atoms with E-state index in [0.717, 1.165) is 24.2 Å². The van der Waals surface area contributed by atoms with Crippen LogP contribution in [0.3, 0.4) is 0 Å². The summed E-state index contributed by atoms with van der Waals surface area (Å²) < 4.78 is 41.6. The molecule has 2 aliphatic heterocycles. The van der Waals surface area contributed by atoms with Gasteiger partial charge in [-0.3, -0.25) is 19.5 Å². The highest BCUT2D eigenvalue weighted by atomic mass is 35.5. The molecule has 3 aliphatic rings. The first-order valence-electron chi connectivity index (χ1n) is 15.2. The number of pyridine rings is 2. The van der Waals surface area contributed by atoms with Crippen LogP contribution in [-0.4, -0.2) is 68.9 Å². The molecular formula is C32H30ClF2N7O5. The fraction of sp³-hybridized carbons (Fsp3) is 0.375. The molecule has 7 rings (SSSR count). The minimum atomic E-state index is -4.15. The van der Waals surface area contributed by atoms with Gasteiger partial charge in [-0.25, -0.2) is 14.5 Å². The summed E-state index contributed by atoms with van der Waals surface area (Å²) in [5.74, 6) is -2.08. The van der Waals surface area contributed by atoms with Gasteiger partial charge in [-0.1, -0.05) is 17.7 Å². The summed E-state index contributed by atoms with van der Waals surface area (Å²) in [6.07, 6.45) is 1.65. The van der Waals surface area contributed by atoms with Gasteiger partial charge in [-0.15, -0.1) is 0 Å². The number of rotatable bonds is 8. The van der Waals surface area contributed by atoms with Gasteiger partial charge in [0.05, 0.1) is 47.5 Å². The van der Waals surface area contributed by atoms with E-state index in [0.29, 0.717) is 70.5 Å². The number of carbonyl (C=O) groups excluding carboxylic acids is 3. The number of anilines is 1. The molecule has 47 heavy (non-hydrogen) atoms. The van der Waals surface area contributed by atoms with E-state index in [4.69, 9.17) is 31.8 Å². The Morgan fingerprint density at radius 1 is 1.15 bits per heavy atom. The molecule has 2 N–H and O–H groups in total. The lowest BCUT2D eigenvalue weighted by molar-refractivity contribution is -0.193. The van der Waals surface area contributed by atoms with Crippen LogP contribution >= 0.6 is 11.6 Å². The predicted octanol–water partition coefficient (Wildman–Crippen LogP) is 4.80. The summed E-state index contributed by atoms with van der Waals surface area (Å²) in [5, 5.41) is 5.47. The normalized spacial score (nSPS) is 18.7. The van der Waals surface area contributed by atoms with Crippen molar-refractivity contribution in [2.24, 2.45) is 17.6 Å². The van der Waals surface area contributed by atoms with Crippen molar-refractivity contribution >= 4 is 46.2 Å². The van der Waals surface area contributed by atoms with Crippen LogP contribution in [0.1, 0.15) is 41.0 Å². The van der Waals surface area contributed by atoms with Crippen molar-refractivity contribution in [3.8, 4) is 16.9 Å². The van der Waals surface area contributed by atoms with Gasteiger partial charge in [0.15, 0.2) is 11.4 Å². The molecule has 0 radical (unpaired) electrons. The monoisotopic (exact) mass is 665 g/mol. The third-order valence-electron chi connectivity index (χ3n) is 8.82. The van der Waals surface area contributed by atoms with E-state index in [2.05, 4.69) is 10.1 Å². The van der Waals surface area contributed by atoms with Crippen molar-refractivity contribution in [1.82, 2.24) is 24.6 Å². The standard InChI is InChI=1S/C32H30ClF2N7O5/c1-46-31(45)40-9-8-18(14-40)15-42-29-22(13-38-42)26(27(28(36)43)23(39-29)10-17-2-3-17)19-4-7-24-25(11-19)47-32(34,35)30(44)41(24)16-21-6-5-20(33)12-37-21/h4-7,11-13,17-18H,2-3,8-10,14-16H2,1H3,(H2,36,43). The van der Waals surface area contributed by atoms with Crippen molar-refractivity contribution in [2.75, 3.05) is 25.1 Å². The number of aromatic nitrogens is 4. The zero-order valence-corrected chi connectivity index (χ0v) is 26.0. The molecule has 4 aromatic rings. The average Bonchev–Trinajstić information content (AvgIpc) is 3.58. The topological polar surface area (TPSA) is 146 Å². The van der Waals surface area contributed by atoms with Gasteiger partial charge in [0.2, 0.25) is 0 Å². The third kappa shape index (κ3) is 5.81. The molecular weight excluding hydrogens is 636 g/mol. The molecule has 1 saturated carbocycles. The van der Waals surface area contributed by atoms with Crippen LogP contribution in [0.5, 0.6) is 5.75 Å². The lowest BCUT2D eigenvalue weighted by Crippen LogP contribution is -2.50. The number of amides is 3. The summed E-state index contributed by atoms with van der Waals surface area (Å²) in [4.78, 5) is 49.5. The Labute approximate surface area is 272 Å². The van der Waals surface area contributed by atoms with Gasteiger partial charge in [-0.2, -0.15) is 13.9 Å². The molecule has 3 amide bonds. The maximum Gasteiger partial charge on any atom is 0.482 e. The number of likely N-dealkylation sites (tertiary alicyclic amines) is 1. The number of carbonyl (C=O) groups is 3. The van der Waals surface area contributed by atoms with Crippen LogP contribution in [0.2, 0.25) is 5.02 Å². The molecule has 1 aliphatic carbocycles. The number of benzene rings is 1. The molecule has 15 heteroatoms. The van der Waals surface area contributed by atoms with E-state index in [9.17, 15) is 14.4 Å². The number of nitrogens with two attached hydrogens (primary N) is 1. The number of hydrogen-bond acceptors (Lipinski definition) is 8. The fourth-order valence-corrected chi connectivity index (χ4v) is 6.45. The van der Waals surface area contributed by atoms with E-state index in [-0.39, 0.29) is 35.6 Å². The number of halogens is 3. The summed E-state index contributed by atoms with van der Waals surface area (Å²) in [7, 11) is 1.35. The van der Waals surface area contributed by atoms with Crippen molar-refractivity contribution in [2.45, 2.75) is 44.9 Å². The highest BCUT2D eigenvalue weighted by Crippen LogP contribution is 2.45. The molecule has 0 bridgehead atoms. The average molecular weight is 666 g/mol. The largest absolute Gasteiger partial charge is 0.482 e. The smallest absolute Gasteiger partial charge is 0.453 e. The number of fused-ring (bicyclic) bond motifs is 2. The van der Waals surface area contributed by atoms with Crippen molar-refractivity contribution < 1.29 is 32.6 Å². The SMILES string of the molecule is COC(=O)N1CCC(Cn2ncc3c(-c4ccc5c(c4)OC(F)(F)C(=O)N5Cc4ccc(Cl)cn4)c(C(N)=O)c(CC4CC4)nc32)C1. The highest BCUT2D eigenvalue weighted by Gasteiger charge is 2.50. The quantitative estimate of drug-likeness (QED) is 0.282. The molecule has 1 unspecified atom stereocenters. The van der Waals surface area contributed by atoms with Gasteiger partial charge < -0.3 is 20.1 Å². The molecule has 3 aromatic heterocycles. The second kappa shape index (κ2) is 11.7. The lowest BCUT2D eigenvalue weighted by atomic mass is 9.93. The van der Waals surface area contributed by atoms with Crippen LogP contribution in [0.4, 0.5) is 19.3 Å². The van der Waals surface area contributed by atoms with Crippen molar-refractivity contribution in [3.05, 3.63) is 64.7 Å². The van der Waals surface area contributed by atoms with Gasteiger partial charge in [0.25, 0.3) is 5.91 Å². The van der Waals surface area contributed by atoms with Crippen LogP contribution in [-0.2, 0) is 29.0 Å². The predicted molar refractivity (Wildman–Crippen MR) is 166 cm³/mol. The molecule has 1 aromatic carbocycles. The first kappa shape index (κ1) is 30.8. The number of alkyl halides is 2. The number of primary amides is 1. The zero-order chi connectivity index (χ0) is 33.0. The van der Waals surface area contributed by atoms with Gasteiger partial charge in [0, 0.05) is 36.8 Å². The van der Waals surface area contributed by atoms with Gasteiger partial charge in [-0.05, 0) is 67.3 Å². The Hall–Kier alpha value is -4.85. The van der Waals surface area contributed by atoms with Gasteiger partial charge >= 0.3 is 18.1 Å². The first-order chi connectivity index (χ1) is 22.5. The van der Waals surface area contributed by atoms with E-state index >= 15 is 8.78 Å². The van der Waals surface area contributed by atoms with Crippen LogP contribution < -0.4 is 15.4 Å². The van der Waals surface area contributed by atoms with E-state index < -0.39 is 17.9 Å². The Balaban J connectivity index is 1.32. The summed E-state index contributed by atoms with van der Waals surface area (Å²) in [6.45, 7) is 1.26. The number of hydrogen-bond donors (Lipinski definition) is 1. The van der Waals surface area contributed by atoms with Crippen molar-refractivity contribution in [1.29, 1.82) is 0 Å². The van der Waals surface area contributed by atoms with Crippen molar-refractivity contribution in [3.63, 3.8) is 0 Å². The molecule has 0 spiro atoms. The molecule has 1 atom stereocenters. The maximum atomic E-state index is 15.0. The van der Waals surface area contributed by atoms with E-state index in [1.807, 2.05) is 0 Å². The first-order valence-corrected chi connectivity index (χ1v) is 15.5. The fourth-order valence-electron chi connectivity index (χ4n) is 6.34. The summed E-state index contributed by atoms with van der Waals surface area (Å²) in [6, 6.07) is 7.60. The molecule has 1 saturated heterocycles.